The number of methoxy groups -OCH3 is 1. The minimum absolute atomic E-state index is 0.107. The van der Waals surface area contributed by atoms with Crippen LogP contribution in [-0.4, -0.2) is 47.5 Å². The number of pyridine rings is 1. The van der Waals surface area contributed by atoms with Gasteiger partial charge in [0.05, 0.1) is 34.9 Å². The van der Waals surface area contributed by atoms with Crippen molar-refractivity contribution in [2.75, 3.05) is 18.6 Å². The van der Waals surface area contributed by atoms with Crippen LogP contribution in [0.2, 0.25) is 0 Å². The molecular formula is C39H28BrN3O6S. The topological polar surface area (TPSA) is 127 Å². The number of carbonyl (C=O) groups is 4. The first kappa shape index (κ1) is 34.3. The molecule has 1 aliphatic heterocycles. The number of ether oxygens (including phenoxy) is 2. The Bertz CT molecular complexity index is 2150. The van der Waals surface area contributed by atoms with Crippen molar-refractivity contribution in [1.29, 1.82) is 5.26 Å². The molecule has 5 aromatic rings. The Balaban J connectivity index is 1.22. The van der Waals surface area contributed by atoms with Gasteiger partial charge in [-0.3, -0.25) is 14.4 Å². The number of anilines is 1. The Morgan fingerprint density at radius 3 is 2.20 bits per heavy atom. The highest BCUT2D eigenvalue weighted by atomic mass is 79.9. The molecule has 248 valence electrons. The van der Waals surface area contributed by atoms with Crippen molar-refractivity contribution in [2.45, 2.75) is 23.6 Å². The molecule has 0 aliphatic carbocycles. The number of amides is 2. The minimum Gasteiger partial charge on any atom is -0.497 e. The van der Waals surface area contributed by atoms with Gasteiger partial charge in [-0.15, -0.1) is 0 Å². The lowest BCUT2D eigenvalue weighted by Gasteiger charge is -2.17. The Morgan fingerprint density at radius 2 is 1.56 bits per heavy atom. The predicted octanol–water partition coefficient (Wildman–Crippen LogP) is 7.83. The van der Waals surface area contributed by atoms with Gasteiger partial charge in [-0.2, -0.15) is 5.26 Å². The molecule has 50 heavy (non-hydrogen) atoms. The number of benzene rings is 4. The fourth-order valence-electron chi connectivity index (χ4n) is 5.37. The number of aromatic nitrogens is 1. The summed E-state index contributed by atoms with van der Waals surface area (Å²) in [5, 5.41) is 9.83. The number of nitriles is 1. The first-order chi connectivity index (χ1) is 24.1. The van der Waals surface area contributed by atoms with Gasteiger partial charge in [-0.25, -0.2) is 14.7 Å². The Morgan fingerprint density at radius 1 is 0.920 bits per heavy atom. The number of thioether (sulfide) groups is 1. The minimum atomic E-state index is -0.839. The molecule has 1 aliphatic rings. The summed E-state index contributed by atoms with van der Waals surface area (Å²) in [6, 6.07) is 31.8. The zero-order valence-corrected chi connectivity index (χ0v) is 29.3. The van der Waals surface area contributed by atoms with Crippen LogP contribution in [0.3, 0.4) is 0 Å². The van der Waals surface area contributed by atoms with Crippen LogP contribution in [0.15, 0.2) is 113 Å². The van der Waals surface area contributed by atoms with E-state index < -0.39 is 29.6 Å². The Hall–Kier alpha value is -5.57. The van der Waals surface area contributed by atoms with E-state index in [2.05, 4.69) is 22.0 Å². The molecule has 2 heterocycles. The molecule has 9 nitrogen and oxygen atoms in total. The number of aryl methyl sites for hydroxylation is 1. The van der Waals surface area contributed by atoms with Gasteiger partial charge in [0.15, 0.2) is 12.4 Å². The van der Waals surface area contributed by atoms with Crippen LogP contribution >= 0.6 is 27.7 Å². The van der Waals surface area contributed by atoms with E-state index in [1.54, 1.807) is 31.4 Å². The van der Waals surface area contributed by atoms with E-state index in [-0.39, 0.29) is 23.5 Å². The maximum atomic E-state index is 13.7. The number of nitrogens with zero attached hydrogens (tertiary/aromatic N) is 3. The fraction of sp³-hybridized carbons (Fsp3) is 0.128. The third kappa shape index (κ3) is 7.37. The first-order valence-corrected chi connectivity index (χ1v) is 17.1. The number of hydrogen-bond donors (Lipinski definition) is 0. The number of hydrogen-bond acceptors (Lipinski definition) is 9. The smallest absolute Gasteiger partial charge is 0.338 e. The number of ketones is 1. The summed E-state index contributed by atoms with van der Waals surface area (Å²) in [6.07, 6.45) is -0.107. The first-order valence-electron chi connectivity index (χ1n) is 15.4. The van der Waals surface area contributed by atoms with Crippen molar-refractivity contribution in [3.63, 3.8) is 0 Å². The molecule has 1 saturated heterocycles. The lowest BCUT2D eigenvalue weighted by atomic mass is 9.98. The Kier molecular flexibility index (Phi) is 10.2. The SMILES string of the molecule is COc1ccc(-c2cc(-c3ccc(C)cc3)c(C#N)c(SC3CC(=O)N(c4ccc(C(=O)OCC(=O)c5ccc(Br)cc5)cc4)C3=O)n2)cc1. The molecule has 1 atom stereocenters. The van der Waals surface area contributed by atoms with E-state index in [0.29, 0.717) is 33.2 Å². The summed E-state index contributed by atoms with van der Waals surface area (Å²) in [5.41, 5.74) is 5.08. The lowest BCUT2D eigenvalue weighted by molar-refractivity contribution is -0.121. The summed E-state index contributed by atoms with van der Waals surface area (Å²) >= 11 is 4.39. The van der Waals surface area contributed by atoms with E-state index >= 15 is 0 Å². The summed E-state index contributed by atoms with van der Waals surface area (Å²) in [4.78, 5) is 57.9. The van der Waals surface area contributed by atoms with Crippen LogP contribution < -0.4 is 9.64 Å². The molecule has 2 amide bonds. The van der Waals surface area contributed by atoms with E-state index in [4.69, 9.17) is 14.5 Å². The second-order valence-corrected chi connectivity index (χ2v) is 13.5. The predicted molar refractivity (Wildman–Crippen MR) is 193 cm³/mol. The van der Waals surface area contributed by atoms with Crippen LogP contribution in [0.5, 0.6) is 5.75 Å². The molecular weight excluding hydrogens is 718 g/mol. The highest BCUT2D eigenvalue weighted by molar-refractivity contribution is 9.10. The normalized spacial score (nSPS) is 14.0. The van der Waals surface area contributed by atoms with Gasteiger partial charge < -0.3 is 9.47 Å². The molecule has 0 spiro atoms. The molecule has 11 heteroatoms. The van der Waals surface area contributed by atoms with E-state index in [0.717, 1.165) is 37.8 Å². The zero-order chi connectivity index (χ0) is 35.4. The fourth-order valence-corrected chi connectivity index (χ4v) is 6.76. The van der Waals surface area contributed by atoms with Crippen molar-refractivity contribution >= 4 is 56.9 Å². The van der Waals surface area contributed by atoms with Crippen LogP contribution in [0, 0.1) is 18.3 Å². The average molecular weight is 747 g/mol. The van der Waals surface area contributed by atoms with E-state index in [9.17, 15) is 24.4 Å². The Labute approximate surface area is 301 Å². The number of halogens is 1. The van der Waals surface area contributed by atoms with Crippen molar-refractivity contribution in [3.8, 4) is 34.2 Å². The second-order valence-electron chi connectivity index (χ2n) is 11.4. The molecule has 0 N–H and O–H groups in total. The largest absolute Gasteiger partial charge is 0.497 e. The summed E-state index contributed by atoms with van der Waals surface area (Å²) < 4.78 is 11.3. The molecule has 1 unspecified atom stereocenters. The van der Waals surface area contributed by atoms with Crippen molar-refractivity contribution in [3.05, 3.63) is 130 Å². The maximum Gasteiger partial charge on any atom is 0.338 e. The van der Waals surface area contributed by atoms with Crippen LogP contribution in [0.4, 0.5) is 5.69 Å². The number of Topliss-reactive ketones (excluding diaryl/α,β-unsaturated/α-hetero) is 1. The van der Waals surface area contributed by atoms with Crippen molar-refractivity contribution < 1.29 is 28.7 Å². The number of rotatable bonds is 10. The standard InChI is InChI=1S/C39H28BrN3O6S/c1-23-3-5-24(6-4-23)31-19-33(25-11-17-30(48-2)18-12-25)42-37(32(31)21-41)50-35-20-36(45)43(38(35)46)29-15-9-27(10-16-29)39(47)49-22-34(44)26-7-13-28(40)14-8-26/h3-19,35H,20,22H2,1-2H3. The lowest BCUT2D eigenvalue weighted by Crippen LogP contribution is -2.31. The van der Waals surface area contributed by atoms with Crippen LogP contribution in [0.1, 0.15) is 38.3 Å². The number of imide groups is 1. The van der Waals surface area contributed by atoms with Crippen LogP contribution in [-0.2, 0) is 14.3 Å². The second kappa shape index (κ2) is 14.9. The quantitative estimate of drug-likeness (QED) is 0.0799. The van der Waals surface area contributed by atoms with E-state index in [1.165, 1.54) is 24.3 Å². The van der Waals surface area contributed by atoms with Gasteiger partial charge in [0.1, 0.15) is 16.8 Å². The number of carbonyl (C=O) groups excluding carboxylic acids is 4. The molecule has 0 radical (unpaired) electrons. The summed E-state index contributed by atoms with van der Waals surface area (Å²) in [6.45, 7) is 1.54. The third-order valence-electron chi connectivity index (χ3n) is 8.07. The maximum absolute atomic E-state index is 13.7. The van der Waals surface area contributed by atoms with Gasteiger partial charge >= 0.3 is 5.97 Å². The van der Waals surface area contributed by atoms with E-state index in [1.807, 2.05) is 61.5 Å². The van der Waals surface area contributed by atoms with Gasteiger partial charge in [-0.05, 0) is 79.2 Å². The summed E-state index contributed by atoms with van der Waals surface area (Å²) in [5.74, 6) is -1.28. The molecule has 1 fully saturated rings. The van der Waals surface area contributed by atoms with Crippen LogP contribution in [0.25, 0.3) is 22.4 Å². The van der Waals surface area contributed by atoms with Gasteiger partial charge in [0.2, 0.25) is 11.8 Å². The summed E-state index contributed by atoms with van der Waals surface area (Å²) in [7, 11) is 1.58. The van der Waals surface area contributed by atoms with Gasteiger partial charge in [0.25, 0.3) is 0 Å². The highest BCUT2D eigenvalue weighted by Crippen LogP contribution is 2.39. The molecule has 0 bridgehead atoms. The van der Waals surface area contributed by atoms with Crippen molar-refractivity contribution in [1.82, 2.24) is 4.98 Å². The van der Waals surface area contributed by atoms with Gasteiger partial charge in [0, 0.05) is 27.6 Å². The van der Waals surface area contributed by atoms with Gasteiger partial charge in [-0.1, -0.05) is 69.7 Å². The molecule has 4 aromatic carbocycles. The highest BCUT2D eigenvalue weighted by Gasteiger charge is 2.41. The third-order valence-corrected chi connectivity index (χ3v) is 9.77. The number of esters is 1. The van der Waals surface area contributed by atoms with Crippen molar-refractivity contribution in [2.24, 2.45) is 0 Å². The molecule has 1 aromatic heterocycles. The molecule has 0 saturated carbocycles. The molecule has 6 rings (SSSR count). The monoisotopic (exact) mass is 745 g/mol. The zero-order valence-electron chi connectivity index (χ0n) is 26.9. The average Bonchev–Trinajstić information content (AvgIpc) is 3.42.